The minimum Gasteiger partial charge on any atom is -0.497 e. The van der Waals surface area contributed by atoms with Gasteiger partial charge in [0, 0.05) is 31.5 Å². The molecule has 0 spiro atoms. The average molecular weight is 243 g/mol. The van der Waals surface area contributed by atoms with Gasteiger partial charge in [-0.05, 0) is 23.8 Å². The highest BCUT2D eigenvalue weighted by Crippen LogP contribution is 2.15. The minimum absolute atomic E-state index is 0.754. The van der Waals surface area contributed by atoms with Crippen LogP contribution in [0.2, 0.25) is 0 Å². The second-order valence-corrected chi connectivity index (χ2v) is 3.88. The maximum Gasteiger partial charge on any atom is 0.127 e. The van der Waals surface area contributed by atoms with Gasteiger partial charge in [-0.25, -0.2) is 4.98 Å². The Hall–Kier alpha value is -2.23. The molecule has 1 aromatic carbocycles. The van der Waals surface area contributed by atoms with Crippen LogP contribution in [-0.2, 0) is 6.54 Å². The number of pyridine rings is 1. The predicted molar refractivity (Wildman–Crippen MR) is 74.1 cm³/mol. The Labute approximate surface area is 107 Å². The topological polar surface area (TPSA) is 46.2 Å². The molecule has 18 heavy (non-hydrogen) atoms. The Morgan fingerprint density at radius 2 is 2.11 bits per heavy atom. The van der Waals surface area contributed by atoms with Crippen LogP contribution in [0.4, 0.5) is 11.5 Å². The molecule has 1 aromatic heterocycles. The molecule has 0 bridgehead atoms. The van der Waals surface area contributed by atoms with Crippen molar-refractivity contribution in [3.05, 3.63) is 48.2 Å². The highest BCUT2D eigenvalue weighted by Gasteiger charge is 1.98. The molecule has 4 nitrogen and oxygen atoms in total. The first kappa shape index (κ1) is 12.2. The number of benzene rings is 1. The van der Waals surface area contributed by atoms with Crippen molar-refractivity contribution < 1.29 is 4.74 Å². The maximum absolute atomic E-state index is 5.20. The van der Waals surface area contributed by atoms with Crippen molar-refractivity contribution in [1.82, 2.24) is 4.98 Å². The third kappa shape index (κ3) is 3.13. The number of nitrogens with zero attached hydrogens (tertiary/aromatic N) is 1. The standard InChI is InChI=1S/C14H17N3O/c1-15-14-9-12(6-7-16-14)17-10-11-4-3-5-13(8-11)18-2/h3-9H,10H2,1-2H3,(H2,15,16,17). The van der Waals surface area contributed by atoms with Gasteiger partial charge in [0.15, 0.2) is 0 Å². The van der Waals surface area contributed by atoms with E-state index in [2.05, 4.69) is 21.7 Å². The summed E-state index contributed by atoms with van der Waals surface area (Å²) in [6.45, 7) is 0.754. The average Bonchev–Trinajstić information content (AvgIpc) is 2.45. The molecule has 0 aliphatic rings. The number of rotatable bonds is 5. The molecule has 2 aromatic rings. The summed E-state index contributed by atoms with van der Waals surface area (Å²) in [4.78, 5) is 4.17. The van der Waals surface area contributed by atoms with Gasteiger partial charge in [-0.15, -0.1) is 0 Å². The minimum atomic E-state index is 0.754. The van der Waals surface area contributed by atoms with Gasteiger partial charge in [0.2, 0.25) is 0 Å². The molecule has 0 fully saturated rings. The molecule has 0 aliphatic heterocycles. The van der Waals surface area contributed by atoms with E-state index in [1.54, 1.807) is 13.3 Å². The molecular weight excluding hydrogens is 226 g/mol. The van der Waals surface area contributed by atoms with Crippen molar-refractivity contribution in [2.45, 2.75) is 6.54 Å². The van der Waals surface area contributed by atoms with Crippen molar-refractivity contribution >= 4 is 11.5 Å². The monoisotopic (exact) mass is 243 g/mol. The molecule has 2 N–H and O–H groups in total. The lowest BCUT2D eigenvalue weighted by Gasteiger charge is -2.08. The van der Waals surface area contributed by atoms with E-state index in [4.69, 9.17) is 4.74 Å². The third-order valence-electron chi connectivity index (χ3n) is 2.65. The van der Waals surface area contributed by atoms with Crippen molar-refractivity contribution in [2.75, 3.05) is 24.8 Å². The fourth-order valence-electron chi connectivity index (χ4n) is 1.66. The van der Waals surface area contributed by atoms with Crippen LogP contribution in [0.3, 0.4) is 0 Å². The van der Waals surface area contributed by atoms with E-state index in [1.807, 2.05) is 37.4 Å². The Balaban J connectivity index is 2.01. The third-order valence-corrected chi connectivity index (χ3v) is 2.65. The summed E-state index contributed by atoms with van der Waals surface area (Å²) in [5.74, 6) is 1.73. The molecular formula is C14H17N3O. The second-order valence-electron chi connectivity index (χ2n) is 3.88. The van der Waals surface area contributed by atoms with E-state index >= 15 is 0 Å². The van der Waals surface area contributed by atoms with Gasteiger partial charge < -0.3 is 15.4 Å². The molecule has 0 saturated heterocycles. The molecule has 0 unspecified atom stereocenters. The summed E-state index contributed by atoms with van der Waals surface area (Å²) >= 11 is 0. The van der Waals surface area contributed by atoms with Crippen LogP contribution in [-0.4, -0.2) is 19.1 Å². The number of aromatic nitrogens is 1. The SMILES string of the molecule is CNc1cc(NCc2cccc(OC)c2)ccn1. The Morgan fingerprint density at radius 3 is 2.89 bits per heavy atom. The molecule has 0 aliphatic carbocycles. The zero-order chi connectivity index (χ0) is 12.8. The summed E-state index contributed by atoms with van der Waals surface area (Å²) in [7, 11) is 3.53. The molecule has 4 heteroatoms. The van der Waals surface area contributed by atoms with Gasteiger partial charge in [0.1, 0.15) is 11.6 Å². The first-order valence-corrected chi connectivity index (χ1v) is 5.82. The van der Waals surface area contributed by atoms with E-state index in [0.717, 1.165) is 23.8 Å². The van der Waals surface area contributed by atoms with E-state index in [-0.39, 0.29) is 0 Å². The van der Waals surface area contributed by atoms with Crippen molar-refractivity contribution in [1.29, 1.82) is 0 Å². The van der Waals surface area contributed by atoms with Crippen LogP contribution in [0, 0.1) is 0 Å². The smallest absolute Gasteiger partial charge is 0.127 e. The molecule has 0 amide bonds. The lowest BCUT2D eigenvalue weighted by Crippen LogP contribution is -2.01. The molecule has 94 valence electrons. The Morgan fingerprint density at radius 1 is 1.22 bits per heavy atom. The second kappa shape index (κ2) is 5.91. The lowest BCUT2D eigenvalue weighted by atomic mass is 10.2. The van der Waals surface area contributed by atoms with Crippen LogP contribution in [0.1, 0.15) is 5.56 Å². The molecule has 1 heterocycles. The van der Waals surface area contributed by atoms with E-state index in [0.29, 0.717) is 0 Å². The van der Waals surface area contributed by atoms with E-state index < -0.39 is 0 Å². The van der Waals surface area contributed by atoms with Gasteiger partial charge in [-0.3, -0.25) is 0 Å². The lowest BCUT2D eigenvalue weighted by molar-refractivity contribution is 0.414. The maximum atomic E-state index is 5.20. The number of hydrogen-bond donors (Lipinski definition) is 2. The first-order valence-electron chi connectivity index (χ1n) is 5.82. The van der Waals surface area contributed by atoms with Crippen LogP contribution in [0.5, 0.6) is 5.75 Å². The summed E-state index contributed by atoms with van der Waals surface area (Å²) in [5.41, 5.74) is 2.22. The van der Waals surface area contributed by atoms with Crippen molar-refractivity contribution in [2.24, 2.45) is 0 Å². The van der Waals surface area contributed by atoms with Crippen molar-refractivity contribution in [3.63, 3.8) is 0 Å². The van der Waals surface area contributed by atoms with E-state index in [1.165, 1.54) is 5.56 Å². The van der Waals surface area contributed by atoms with Gasteiger partial charge >= 0.3 is 0 Å². The number of hydrogen-bond acceptors (Lipinski definition) is 4. The molecule has 2 rings (SSSR count). The number of methoxy groups -OCH3 is 1. The largest absolute Gasteiger partial charge is 0.497 e. The molecule has 0 atom stereocenters. The normalized spacial score (nSPS) is 9.89. The highest BCUT2D eigenvalue weighted by molar-refractivity contribution is 5.51. The van der Waals surface area contributed by atoms with Crippen LogP contribution < -0.4 is 15.4 Å². The highest BCUT2D eigenvalue weighted by atomic mass is 16.5. The fourth-order valence-corrected chi connectivity index (χ4v) is 1.66. The summed E-state index contributed by atoms with van der Waals surface area (Å²) in [5, 5.41) is 6.36. The molecule has 0 radical (unpaired) electrons. The number of anilines is 2. The predicted octanol–water partition coefficient (Wildman–Crippen LogP) is 2.74. The summed E-state index contributed by atoms with van der Waals surface area (Å²) < 4.78 is 5.20. The Kier molecular flexibility index (Phi) is 4.02. The van der Waals surface area contributed by atoms with Gasteiger partial charge in [-0.1, -0.05) is 12.1 Å². The van der Waals surface area contributed by atoms with Gasteiger partial charge in [0.05, 0.1) is 7.11 Å². The van der Waals surface area contributed by atoms with Crippen molar-refractivity contribution in [3.8, 4) is 5.75 Å². The van der Waals surface area contributed by atoms with Crippen LogP contribution >= 0.6 is 0 Å². The van der Waals surface area contributed by atoms with Gasteiger partial charge in [0.25, 0.3) is 0 Å². The summed E-state index contributed by atoms with van der Waals surface area (Å²) in [6, 6.07) is 11.9. The van der Waals surface area contributed by atoms with Gasteiger partial charge in [-0.2, -0.15) is 0 Å². The molecule has 0 saturated carbocycles. The van der Waals surface area contributed by atoms with E-state index in [9.17, 15) is 0 Å². The first-order chi connectivity index (χ1) is 8.81. The van der Waals surface area contributed by atoms with Crippen LogP contribution in [0.15, 0.2) is 42.6 Å². The fraction of sp³-hybridized carbons (Fsp3) is 0.214. The zero-order valence-corrected chi connectivity index (χ0v) is 10.6. The number of nitrogens with one attached hydrogen (secondary N) is 2. The van der Waals surface area contributed by atoms with Crippen LogP contribution in [0.25, 0.3) is 0 Å². The Bertz CT molecular complexity index is 466. The quantitative estimate of drug-likeness (QED) is 0.847. The zero-order valence-electron chi connectivity index (χ0n) is 10.6. The number of ether oxygens (including phenoxy) is 1. The summed E-state index contributed by atoms with van der Waals surface area (Å²) in [6.07, 6.45) is 1.78.